The SMILES string of the molecule is CC1CC2C=CC=CC2C1c1ccccc1C1CC2C=CC=CC2C1c1ccccc1. The molecule has 2 fully saturated rings. The fraction of sp³-hybridized carbons (Fsp3) is 0.355. The van der Waals surface area contributed by atoms with E-state index in [0.717, 1.165) is 5.92 Å². The van der Waals surface area contributed by atoms with Crippen molar-refractivity contribution in [2.75, 3.05) is 0 Å². The average Bonchev–Trinajstić information content (AvgIpc) is 3.36. The molecular weight excluding hydrogens is 372 g/mol. The van der Waals surface area contributed by atoms with E-state index in [4.69, 9.17) is 0 Å². The van der Waals surface area contributed by atoms with Crippen LogP contribution in [0.3, 0.4) is 0 Å². The third kappa shape index (κ3) is 3.19. The Labute approximate surface area is 187 Å². The van der Waals surface area contributed by atoms with Gasteiger partial charge in [-0.05, 0) is 76.9 Å². The van der Waals surface area contributed by atoms with Gasteiger partial charge in [0.15, 0.2) is 0 Å². The highest BCUT2D eigenvalue weighted by atomic mass is 14.5. The summed E-state index contributed by atoms with van der Waals surface area (Å²) in [5, 5.41) is 0. The summed E-state index contributed by atoms with van der Waals surface area (Å²) < 4.78 is 0. The van der Waals surface area contributed by atoms with Crippen LogP contribution in [-0.4, -0.2) is 0 Å². The van der Waals surface area contributed by atoms with E-state index < -0.39 is 0 Å². The summed E-state index contributed by atoms with van der Waals surface area (Å²) in [7, 11) is 0. The van der Waals surface area contributed by atoms with Gasteiger partial charge in [0.25, 0.3) is 0 Å². The minimum absolute atomic E-state index is 0.558. The Hall–Kier alpha value is -2.60. The second-order valence-corrected chi connectivity index (χ2v) is 10.2. The average molecular weight is 405 g/mol. The fourth-order valence-corrected chi connectivity index (χ4v) is 7.36. The van der Waals surface area contributed by atoms with Gasteiger partial charge in [-0.25, -0.2) is 0 Å². The topological polar surface area (TPSA) is 0 Å². The molecule has 0 bridgehead atoms. The number of rotatable bonds is 3. The zero-order valence-corrected chi connectivity index (χ0v) is 18.3. The Morgan fingerprint density at radius 3 is 1.90 bits per heavy atom. The lowest BCUT2D eigenvalue weighted by Gasteiger charge is -2.31. The van der Waals surface area contributed by atoms with E-state index in [1.165, 1.54) is 18.4 Å². The molecule has 0 amide bonds. The smallest absolute Gasteiger partial charge is 0.00241 e. The molecule has 0 saturated heterocycles. The maximum Gasteiger partial charge on any atom is -0.00241 e. The molecule has 2 aromatic rings. The predicted molar refractivity (Wildman–Crippen MR) is 130 cm³/mol. The van der Waals surface area contributed by atoms with Crippen molar-refractivity contribution in [3.05, 3.63) is 120 Å². The number of fused-ring (bicyclic) bond motifs is 2. The number of hydrogen-bond acceptors (Lipinski definition) is 0. The van der Waals surface area contributed by atoms with Crippen LogP contribution in [0.4, 0.5) is 0 Å². The van der Waals surface area contributed by atoms with Gasteiger partial charge < -0.3 is 0 Å². The lowest BCUT2D eigenvalue weighted by atomic mass is 9.73. The summed E-state index contributed by atoms with van der Waals surface area (Å²) >= 11 is 0. The van der Waals surface area contributed by atoms with Gasteiger partial charge in [0.05, 0.1) is 0 Å². The predicted octanol–water partition coefficient (Wildman–Crippen LogP) is 7.80. The van der Waals surface area contributed by atoms with Crippen molar-refractivity contribution in [2.24, 2.45) is 29.6 Å². The van der Waals surface area contributed by atoms with Gasteiger partial charge in [0.1, 0.15) is 0 Å². The minimum Gasteiger partial charge on any atom is -0.0808 e. The highest BCUT2D eigenvalue weighted by Crippen LogP contribution is 2.58. The first-order chi connectivity index (χ1) is 15.3. The maximum atomic E-state index is 2.49. The first-order valence-corrected chi connectivity index (χ1v) is 12.1. The molecule has 31 heavy (non-hydrogen) atoms. The van der Waals surface area contributed by atoms with Crippen LogP contribution in [0.1, 0.15) is 54.2 Å². The Bertz CT molecular complexity index is 1050. The highest BCUT2D eigenvalue weighted by Gasteiger charge is 2.46. The van der Waals surface area contributed by atoms with Crippen molar-refractivity contribution < 1.29 is 0 Å². The molecule has 6 rings (SSSR count). The molecule has 0 heteroatoms. The molecule has 8 atom stereocenters. The quantitative estimate of drug-likeness (QED) is 0.489. The molecule has 0 N–H and O–H groups in total. The molecule has 156 valence electrons. The zero-order chi connectivity index (χ0) is 20.8. The third-order valence-corrected chi connectivity index (χ3v) is 8.58. The van der Waals surface area contributed by atoms with Gasteiger partial charge in [-0.1, -0.05) is 110 Å². The van der Waals surface area contributed by atoms with E-state index >= 15 is 0 Å². The van der Waals surface area contributed by atoms with Crippen molar-refractivity contribution >= 4 is 0 Å². The monoisotopic (exact) mass is 404 g/mol. The van der Waals surface area contributed by atoms with Crippen LogP contribution in [-0.2, 0) is 0 Å². The summed E-state index contributed by atoms with van der Waals surface area (Å²) in [6.45, 7) is 2.48. The molecule has 4 aliphatic rings. The maximum absolute atomic E-state index is 2.49. The van der Waals surface area contributed by atoms with Crippen LogP contribution in [0, 0.1) is 29.6 Å². The Morgan fingerprint density at radius 2 is 1.16 bits per heavy atom. The van der Waals surface area contributed by atoms with Gasteiger partial charge in [0, 0.05) is 0 Å². The molecule has 8 unspecified atom stereocenters. The first-order valence-electron chi connectivity index (χ1n) is 12.1. The lowest BCUT2D eigenvalue weighted by molar-refractivity contribution is 0.463. The molecular formula is C31H32. The Morgan fingerprint density at radius 1 is 0.581 bits per heavy atom. The Balaban J connectivity index is 1.44. The van der Waals surface area contributed by atoms with E-state index in [9.17, 15) is 0 Å². The van der Waals surface area contributed by atoms with Crippen LogP contribution >= 0.6 is 0 Å². The van der Waals surface area contributed by atoms with Crippen LogP contribution < -0.4 is 0 Å². The number of benzene rings is 2. The van der Waals surface area contributed by atoms with E-state index in [0.29, 0.717) is 41.4 Å². The van der Waals surface area contributed by atoms with Crippen LogP contribution in [0.15, 0.2) is 103 Å². The normalized spacial score (nSPS) is 37.7. The first kappa shape index (κ1) is 19.1. The molecule has 2 aromatic carbocycles. The number of allylic oxidation sites excluding steroid dienone is 8. The lowest BCUT2D eigenvalue weighted by Crippen LogP contribution is -2.18. The van der Waals surface area contributed by atoms with Crippen molar-refractivity contribution in [3.8, 4) is 0 Å². The minimum atomic E-state index is 0.558. The van der Waals surface area contributed by atoms with E-state index in [-0.39, 0.29) is 0 Å². The summed E-state index contributed by atoms with van der Waals surface area (Å²) in [6, 6.07) is 20.8. The molecule has 0 spiro atoms. The van der Waals surface area contributed by atoms with Gasteiger partial charge in [-0.2, -0.15) is 0 Å². The summed E-state index contributed by atoms with van der Waals surface area (Å²) in [6.07, 6.45) is 21.5. The van der Waals surface area contributed by atoms with Gasteiger partial charge in [-0.15, -0.1) is 0 Å². The molecule has 0 aliphatic heterocycles. The van der Waals surface area contributed by atoms with Crippen LogP contribution in [0.2, 0.25) is 0 Å². The summed E-state index contributed by atoms with van der Waals surface area (Å²) in [5.74, 6) is 5.11. The third-order valence-electron chi connectivity index (χ3n) is 8.58. The highest BCUT2D eigenvalue weighted by molar-refractivity contribution is 5.43. The van der Waals surface area contributed by atoms with Gasteiger partial charge >= 0.3 is 0 Å². The second kappa shape index (κ2) is 7.83. The summed E-state index contributed by atoms with van der Waals surface area (Å²) in [4.78, 5) is 0. The van der Waals surface area contributed by atoms with Crippen molar-refractivity contribution in [3.63, 3.8) is 0 Å². The van der Waals surface area contributed by atoms with Crippen molar-refractivity contribution in [1.29, 1.82) is 0 Å². The summed E-state index contributed by atoms with van der Waals surface area (Å²) in [5.41, 5.74) is 4.75. The largest absolute Gasteiger partial charge is 0.0808 e. The van der Waals surface area contributed by atoms with Gasteiger partial charge in [0.2, 0.25) is 0 Å². The number of hydrogen-bond donors (Lipinski definition) is 0. The van der Waals surface area contributed by atoms with E-state index in [1.807, 2.05) is 0 Å². The zero-order valence-electron chi connectivity index (χ0n) is 18.3. The standard InChI is InChI=1S/C31H32/c1-21-19-23-13-5-7-15-25(23)30(21)28-18-10-9-17-27(28)29-20-24-14-6-8-16-26(24)31(29)22-11-3-2-4-12-22/h2-18,21,23-26,29-31H,19-20H2,1H3. The fourth-order valence-electron chi connectivity index (χ4n) is 7.36. The van der Waals surface area contributed by atoms with Crippen LogP contribution in [0.5, 0.6) is 0 Å². The molecule has 2 saturated carbocycles. The molecule has 0 radical (unpaired) electrons. The molecule has 0 nitrogen and oxygen atoms in total. The molecule has 0 heterocycles. The molecule has 0 aromatic heterocycles. The van der Waals surface area contributed by atoms with E-state index in [2.05, 4.69) is 110 Å². The van der Waals surface area contributed by atoms with Gasteiger partial charge in [-0.3, -0.25) is 0 Å². The van der Waals surface area contributed by atoms with E-state index in [1.54, 1.807) is 11.1 Å². The molecule has 4 aliphatic carbocycles. The second-order valence-electron chi connectivity index (χ2n) is 10.2. The Kier molecular flexibility index (Phi) is 4.82. The van der Waals surface area contributed by atoms with Crippen molar-refractivity contribution in [1.82, 2.24) is 0 Å². The van der Waals surface area contributed by atoms with Crippen LogP contribution in [0.25, 0.3) is 0 Å². The van der Waals surface area contributed by atoms with Crippen molar-refractivity contribution in [2.45, 2.75) is 37.5 Å².